The topological polar surface area (TPSA) is 76.2 Å². The summed E-state index contributed by atoms with van der Waals surface area (Å²) in [6, 6.07) is 11.8. The molecule has 37 heavy (non-hydrogen) atoms. The van der Waals surface area contributed by atoms with Gasteiger partial charge in [0.05, 0.1) is 12.0 Å². The molecule has 0 aliphatic carbocycles. The van der Waals surface area contributed by atoms with Crippen LogP contribution in [0.5, 0.6) is 11.5 Å². The Morgan fingerprint density at radius 2 is 1.84 bits per heavy atom. The second-order valence-electron chi connectivity index (χ2n) is 9.19. The molecule has 2 saturated heterocycles. The Morgan fingerprint density at radius 1 is 1.11 bits per heavy atom. The van der Waals surface area contributed by atoms with Gasteiger partial charge in [-0.2, -0.15) is 0 Å². The fourth-order valence-corrected chi connectivity index (χ4v) is 5.23. The molecule has 0 saturated carbocycles. The number of rotatable bonds is 9. The van der Waals surface area contributed by atoms with Crippen molar-refractivity contribution in [2.75, 3.05) is 26.7 Å². The lowest BCUT2D eigenvalue weighted by atomic mass is 10.0. The first kappa shape index (κ1) is 26.5. The SMILES string of the molecule is C=CCc1cc(/C=C2\SC(=O)N(CC(=O)N3CCCCC3)C2=O)cc(OC)c1OCc1ccc(C)cc1. The molecule has 2 heterocycles. The third kappa shape index (κ3) is 6.43. The van der Waals surface area contributed by atoms with Crippen LogP contribution in [0, 0.1) is 6.92 Å². The highest BCUT2D eigenvalue weighted by molar-refractivity contribution is 8.18. The van der Waals surface area contributed by atoms with Gasteiger partial charge in [0.25, 0.3) is 11.1 Å². The smallest absolute Gasteiger partial charge is 0.294 e. The summed E-state index contributed by atoms with van der Waals surface area (Å²) in [5, 5.41) is -0.432. The molecule has 7 nitrogen and oxygen atoms in total. The molecule has 0 aromatic heterocycles. The number of imide groups is 1. The van der Waals surface area contributed by atoms with Crippen molar-refractivity contribution in [2.45, 2.75) is 39.2 Å². The van der Waals surface area contributed by atoms with Crippen LogP contribution >= 0.6 is 11.8 Å². The van der Waals surface area contributed by atoms with Crippen LogP contribution < -0.4 is 9.47 Å². The van der Waals surface area contributed by atoms with Gasteiger partial charge in [0, 0.05) is 18.7 Å². The van der Waals surface area contributed by atoms with Crippen LogP contribution in [0.25, 0.3) is 6.08 Å². The number of thioether (sulfide) groups is 1. The average molecular weight is 521 g/mol. The normalized spacial score (nSPS) is 16.9. The van der Waals surface area contributed by atoms with Gasteiger partial charge >= 0.3 is 0 Å². The van der Waals surface area contributed by atoms with E-state index in [9.17, 15) is 14.4 Å². The van der Waals surface area contributed by atoms with Crippen LogP contribution in [0.15, 0.2) is 54.0 Å². The Hall–Kier alpha value is -3.52. The first-order chi connectivity index (χ1) is 17.9. The molecule has 2 aromatic rings. The molecule has 2 aromatic carbocycles. The predicted molar refractivity (Wildman–Crippen MR) is 146 cm³/mol. The summed E-state index contributed by atoms with van der Waals surface area (Å²) < 4.78 is 11.8. The molecule has 8 heteroatoms. The highest BCUT2D eigenvalue weighted by Crippen LogP contribution is 2.37. The summed E-state index contributed by atoms with van der Waals surface area (Å²) >= 11 is 0.846. The van der Waals surface area contributed by atoms with Crippen molar-refractivity contribution in [3.05, 3.63) is 76.2 Å². The Labute approximate surface area is 222 Å². The minimum Gasteiger partial charge on any atom is -0.493 e. The largest absolute Gasteiger partial charge is 0.493 e. The molecule has 0 radical (unpaired) electrons. The second kappa shape index (κ2) is 12.1. The molecule has 2 fully saturated rings. The molecule has 2 aliphatic heterocycles. The van der Waals surface area contributed by atoms with Gasteiger partial charge in [0.15, 0.2) is 11.5 Å². The number of aryl methyl sites for hydroxylation is 1. The van der Waals surface area contributed by atoms with Gasteiger partial charge in [-0.15, -0.1) is 6.58 Å². The number of hydrogen-bond donors (Lipinski definition) is 0. The number of amides is 3. The van der Waals surface area contributed by atoms with Gasteiger partial charge in [-0.25, -0.2) is 0 Å². The Morgan fingerprint density at radius 3 is 2.51 bits per heavy atom. The van der Waals surface area contributed by atoms with Crippen molar-refractivity contribution >= 4 is 34.9 Å². The molecule has 0 bridgehead atoms. The maximum Gasteiger partial charge on any atom is 0.294 e. The molecule has 0 atom stereocenters. The number of ether oxygens (including phenoxy) is 2. The fourth-order valence-electron chi connectivity index (χ4n) is 4.40. The van der Waals surface area contributed by atoms with E-state index in [1.54, 1.807) is 30.2 Å². The number of likely N-dealkylation sites (tertiary alicyclic amines) is 1. The van der Waals surface area contributed by atoms with Crippen LogP contribution in [-0.4, -0.2) is 53.6 Å². The number of benzene rings is 2. The number of nitrogens with zero attached hydrogens (tertiary/aromatic N) is 2. The third-order valence-electron chi connectivity index (χ3n) is 6.42. The monoisotopic (exact) mass is 520 g/mol. The van der Waals surface area contributed by atoms with Crippen LogP contribution in [0.2, 0.25) is 0 Å². The highest BCUT2D eigenvalue weighted by Gasteiger charge is 2.37. The number of methoxy groups -OCH3 is 1. The standard InChI is InChI=1S/C29H32N2O5S/c1-4-8-23-15-22(16-24(35-3)27(23)36-19-21-11-9-20(2)10-12-21)17-25-28(33)31(29(34)37-25)18-26(32)30-13-6-5-7-14-30/h4,9-12,15-17H,1,5-8,13-14,18-19H2,2-3H3/b25-17-. The third-order valence-corrected chi connectivity index (χ3v) is 7.32. The summed E-state index contributed by atoms with van der Waals surface area (Å²) in [4.78, 5) is 41.3. The molecular formula is C29H32N2O5S. The maximum absolute atomic E-state index is 13.0. The molecule has 0 N–H and O–H groups in total. The number of allylic oxidation sites excluding steroid dienone is 1. The first-order valence-corrected chi connectivity index (χ1v) is 13.2. The lowest BCUT2D eigenvalue weighted by molar-refractivity contribution is -0.136. The molecular weight excluding hydrogens is 488 g/mol. The first-order valence-electron chi connectivity index (χ1n) is 12.4. The average Bonchev–Trinajstić information content (AvgIpc) is 3.16. The Balaban J connectivity index is 1.53. The van der Waals surface area contributed by atoms with Crippen LogP contribution in [0.3, 0.4) is 0 Å². The molecule has 3 amide bonds. The van der Waals surface area contributed by atoms with Crippen molar-refractivity contribution in [3.63, 3.8) is 0 Å². The summed E-state index contributed by atoms with van der Waals surface area (Å²) in [7, 11) is 1.57. The quantitative estimate of drug-likeness (QED) is 0.327. The lowest BCUT2D eigenvalue weighted by Crippen LogP contribution is -2.44. The zero-order valence-corrected chi connectivity index (χ0v) is 22.1. The number of carbonyl (C=O) groups excluding carboxylic acids is 3. The van der Waals surface area contributed by atoms with E-state index in [0.717, 1.165) is 47.1 Å². The van der Waals surface area contributed by atoms with Crippen LogP contribution in [0.1, 0.15) is 41.5 Å². The zero-order chi connectivity index (χ0) is 26.4. The van der Waals surface area contributed by atoms with E-state index in [4.69, 9.17) is 9.47 Å². The summed E-state index contributed by atoms with van der Waals surface area (Å²) in [5.41, 5.74) is 3.77. The van der Waals surface area contributed by atoms with Gasteiger partial charge in [-0.1, -0.05) is 35.9 Å². The van der Waals surface area contributed by atoms with E-state index in [1.807, 2.05) is 37.3 Å². The number of carbonyl (C=O) groups is 3. The maximum atomic E-state index is 13.0. The molecule has 4 rings (SSSR count). The number of hydrogen-bond acceptors (Lipinski definition) is 6. The molecule has 0 spiro atoms. The van der Waals surface area contributed by atoms with Gasteiger partial charge in [0.1, 0.15) is 13.2 Å². The van der Waals surface area contributed by atoms with E-state index in [2.05, 4.69) is 6.58 Å². The molecule has 0 unspecified atom stereocenters. The minimum absolute atomic E-state index is 0.187. The number of piperidine rings is 1. The van der Waals surface area contributed by atoms with Gasteiger partial charge in [-0.3, -0.25) is 19.3 Å². The van der Waals surface area contributed by atoms with E-state index in [0.29, 0.717) is 43.2 Å². The molecule has 2 aliphatic rings. The van der Waals surface area contributed by atoms with Gasteiger partial charge in [-0.05, 0) is 73.7 Å². The summed E-state index contributed by atoms with van der Waals surface area (Å²) in [5.74, 6) is 0.495. The van der Waals surface area contributed by atoms with Gasteiger partial charge in [0.2, 0.25) is 5.91 Å². The van der Waals surface area contributed by atoms with Crippen molar-refractivity contribution in [3.8, 4) is 11.5 Å². The van der Waals surface area contributed by atoms with Crippen LogP contribution in [0.4, 0.5) is 4.79 Å². The van der Waals surface area contributed by atoms with Crippen LogP contribution in [-0.2, 0) is 22.6 Å². The van der Waals surface area contributed by atoms with Crippen molar-refractivity contribution in [1.29, 1.82) is 0 Å². The van der Waals surface area contributed by atoms with E-state index >= 15 is 0 Å². The minimum atomic E-state index is -0.454. The zero-order valence-electron chi connectivity index (χ0n) is 21.3. The van der Waals surface area contributed by atoms with E-state index < -0.39 is 11.1 Å². The summed E-state index contributed by atoms with van der Waals surface area (Å²) in [6.45, 7) is 7.40. The Kier molecular flexibility index (Phi) is 8.71. The second-order valence-corrected chi connectivity index (χ2v) is 10.2. The van der Waals surface area contributed by atoms with Gasteiger partial charge < -0.3 is 14.4 Å². The molecule has 194 valence electrons. The van der Waals surface area contributed by atoms with Crippen molar-refractivity contribution in [2.24, 2.45) is 0 Å². The highest BCUT2D eigenvalue weighted by atomic mass is 32.2. The van der Waals surface area contributed by atoms with E-state index in [-0.39, 0.29) is 17.4 Å². The predicted octanol–water partition coefficient (Wildman–Crippen LogP) is 5.36. The fraction of sp³-hybridized carbons (Fsp3) is 0.345. The lowest BCUT2D eigenvalue weighted by Gasteiger charge is -2.27. The Bertz CT molecular complexity index is 1220. The van der Waals surface area contributed by atoms with E-state index in [1.165, 1.54) is 5.56 Å². The van der Waals surface area contributed by atoms with Crippen molar-refractivity contribution < 1.29 is 23.9 Å². The van der Waals surface area contributed by atoms with Crippen molar-refractivity contribution in [1.82, 2.24) is 9.80 Å². The summed E-state index contributed by atoms with van der Waals surface area (Å²) in [6.07, 6.45) is 6.97.